The van der Waals surface area contributed by atoms with E-state index in [9.17, 15) is 13.9 Å². The molecule has 0 aliphatic rings. The van der Waals surface area contributed by atoms with Crippen molar-refractivity contribution in [3.8, 4) is 5.75 Å². The van der Waals surface area contributed by atoms with Crippen molar-refractivity contribution in [2.75, 3.05) is 6.61 Å². The fraction of sp³-hybridized carbons (Fsp3) is 0.200. The minimum Gasteiger partial charge on any atom is -0.491 e. The van der Waals surface area contributed by atoms with E-state index in [-0.39, 0.29) is 28.5 Å². The molecular weight excluding hydrogens is 366 g/mol. The number of benzene rings is 2. The van der Waals surface area contributed by atoms with E-state index >= 15 is 0 Å². The van der Waals surface area contributed by atoms with Crippen molar-refractivity contribution in [1.29, 1.82) is 0 Å². The van der Waals surface area contributed by atoms with Crippen LogP contribution in [0, 0.1) is 11.6 Å². The van der Waals surface area contributed by atoms with Gasteiger partial charge in [-0.1, -0.05) is 27.5 Å². The highest BCUT2D eigenvalue weighted by Gasteiger charge is 2.22. The predicted molar refractivity (Wildman–Crippen MR) is 80.7 cm³/mol. The highest BCUT2D eigenvalue weighted by Crippen LogP contribution is 2.34. The van der Waals surface area contributed by atoms with Crippen molar-refractivity contribution in [2.45, 2.75) is 13.0 Å². The summed E-state index contributed by atoms with van der Waals surface area (Å²) < 4.78 is 33.6. The molecule has 2 nitrogen and oxygen atoms in total. The van der Waals surface area contributed by atoms with Gasteiger partial charge in [0, 0.05) is 20.6 Å². The standard InChI is InChI=1S/C15H12BrClF2O2/c1-2-21-12-6-4-9(13(18)14(12)19)15(20)10-7-8(16)3-5-11(10)17/h3-7,15,20H,2H2,1H3. The topological polar surface area (TPSA) is 29.5 Å². The average molecular weight is 378 g/mol. The van der Waals surface area contributed by atoms with E-state index in [0.29, 0.717) is 4.47 Å². The van der Waals surface area contributed by atoms with Crippen LogP contribution in [0.25, 0.3) is 0 Å². The number of halogens is 4. The number of hydrogen-bond donors (Lipinski definition) is 1. The molecule has 6 heteroatoms. The third-order valence-corrected chi connectivity index (χ3v) is 3.76. The first kappa shape index (κ1) is 16.2. The van der Waals surface area contributed by atoms with Gasteiger partial charge in [-0.25, -0.2) is 4.39 Å². The predicted octanol–water partition coefficient (Wildman–Crippen LogP) is 4.86. The van der Waals surface area contributed by atoms with Crippen molar-refractivity contribution in [3.05, 3.63) is 62.6 Å². The summed E-state index contributed by atoms with van der Waals surface area (Å²) in [6, 6.07) is 7.37. The lowest BCUT2D eigenvalue weighted by atomic mass is 10.0. The Kier molecular flexibility index (Phi) is 5.19. The van der Waals surface area contributed by atoms with Crippen LogP contribution in [0.4, 0.5) is 8.78 Å². The lowest BCUT2D eigenvalue weighted by molar-refractivity contribution is 0.212. The van der Waals surface area contributed by atoms with Gasteiger partial charge in [-0.2, -0.15) is 4.39 Å². The third-order valence-electron chi connectivity index (χ3n) is 2.92. The van der Waals surface area contributed by atoms with Gasteiger partial charge < -0.3 is 9.84 Å². The summed E-state index contributed by atoms with van der Waals surface area (Å²) in [6.07, 6.45) is -1.37. The minimum atomic E-state index is -1.37. The van der Waals surface area contributed by atoms with Crippen molar-refractivity contribution in [2.24, 2.45) is 0 Å². The van der Waals surface area contributed by atoms with E-state index in [1.165, 1.54) is 12.1 Å². The maximum atomic E-state index is 14.1. The molecule has 1 N–H and O–H groups in total. The number of aliphatic hydroxyl groups excluding tert-OH is 1. The van der Waals surface area contributed by atoms with Crippen LogP contribution >= 0.6 is 27.5 Å². The van der Waals surface area contributed by atoms with Crippen molar-refractivity contribution >= 4 is 27.5 Å². The van der Waals surface area contributed by atoms with E-state index in [4.69, 9.17) is 16.3 Å². The Morgan fingerprint density at radius 3 is 2.57 bits per heavy atom. The van der Waals surface area contributed by atoms with Gasteiger partial charge in [0.2, 0.25) is 5.82 Å². The maximum absolute atomic E-state index is 14.1. The highest BCUT2D eigenvalue weighted by molar-refractivity contribution is 9.10. The Bertz CT molecular complexity index is 664. The number of aliphatic hydroxyl groups is 1. The summed E-state index contributed by atoms with van der Waals surface area (Å²) in [5.41, 5.74) is 0.0875. The van der Waals surface area contributed by atoms with Gasteiger partial charge in [0.15, 0.2) is 11.6 Å². The molecule has 2 aromatic carbocycles. The summed E-state index contributed by atoms with van der Waals surface area (Å²) in [7, 11) is 0. The summed E-state index contributed by atoms with van der Waals surface area (Å²) in [5, 5.41) is 10.5. The molecule has 0 aliphatic carbocycles. The number of ether oxygens (including phenoxy) is 1. The van der Waals surface area contributed by atoms with Crippen LogP contribution in [-0.4, -0.2) is 11.7 Å². The van der Waals surface area contributed by atoms with Gasteiger partial charge in [0.25, 0.3) is 0 Å². The van der Waals surface area contributed by atoms with Gasteiger partial charge >= 0.3 is 0 Å². The first-order valence-corrected chi connectivity index (χ1v) is 7.36. The summed E-state index contributed by atoms with van der Waals surface area (Å²) in [6.45, 7) is 1.89. The van der Waals surface area contributed by atoms with Crippen LogP contribution < -0.4 is 4.74 Å². The first-order valence-electron chi connectivity index (χ1n) is 6.19. The largest absolute Gasteiger partial charge is 0.491 e. The SMILES string of the molecule is CCOc1ccc(C(O)c2cc(Br)ccc2Cl)c(F)c1F. The molecule has 0 aromatic heterocycles. The molecule has 2 aromatic rings. The quantitative estimate of drug-likeness (QED) is 0.824. The Hall–Kier alpha value is -1.17. The maximum Gasteiger partial charge on any atom is 0.200 e. The van der Waals surface area contributed by atoms with Crippen LogP contribution in [0.5, 0.6) is 5.75 Å². The van der Waals surface area contributed by atoms with Gasteiger partial charge in [-0.15, -0.1) is 0 Å². The van der Waals surface area contributed by atoms with E-state index in [1.54, 1.807) is 25.1 Å². The lowest BCUT2D eigenvalue weighted by Crippen LogP contribution is -2.07. The minimum absolute atomic E-state index is 0.189. The Labute approximate surface area is 134 Å². The van der Waals surface area contributed by atoms with Crippen LogP contribution in [-0.2, 0) is 0 Å². The van der Waals surface area contributed by atoms with Crippen molar-refractivity contribution in [1.82, 2.24) is 0 Å². The van der Waals surface area contributed by atoms with Crippen LogP contribution in [0.2, 0.25) is 5.02 Å². The van der Waals surface area contributed by atoms with Gasteiger partial charge in [-0.3, -0.25) is 0 Å². The van der Waals surface area contributed by atoms with Crippen LogP contribution in [0.1, 0.15) is 24.2 Å². The monoisotopic (exact) mass is 376 g/mol. The summed E-state index contributed by atoms with van der Waals surface area (Å²) in [5.74, 6) is -2.46. The second kappa shape index (κ2) is 6.73. The molecule has 21 heavy (non-hydrogen) atoms. The van der Waals surface area contributed by atoms with E-state index in [1.807, 2.05) is 0 Å². The zero-order valence-electron chi connectivity index (χ0n) is 11.0. The smallest absolute Gasteiger partial charge is 0.200 e. The van der Waals surface area contributed by atoms with Crippen LogP contribution in [0.15, 0.2) is 34.8 Å². The third kappa shape index (κ3) is 3.36. The first-order chi connectivity index (χ1) is 9.95. The van der Waals surface area contributed by atoms with E-state index in [0.717, 1.165) is 0 Å². The summed E-state index contributed by atoms with van der Waals surface area (Å²) >= 11 is 9.24. The summed E-state index contributed by atoms with van der Waals surface area (Å²) in [4.78, 5) is 0. The van der Waals surface area contributed by atoms with Crippen molar-refractivity contribution < 1.29 is 18.6 Å². The highest BCUT2D eigenvalue weighted by atomic mass is 79.9. The zero-order chi connectivity index (χ0) is 15.6. The molecule has 0 bridgehead atoms. The molecule has 0 radical (unpaired) electrons. The van der Waals surface area contributed by atoms with Crippen molar-refractivity contribution in [3.63, 3.8) is 0 Å². The second-order valence-electron chi connectivity index (χ2n) is 4.28. The number of rotatable bonds is 4. The molecule has 0 saturated carbocycles. The fourth-order valence-corrected chi connectivity index (χ4v) is 2.52. The molecule has 1 atom stereocenters. The molecule has 0 fully saturated rings. The Morgan fingerprint density at radius 1 is 1.19 bits per heavy atom. The zero-order valence-corrected chi connectivity index (χ0v) is 13.4. The molecule has 112 valence electrons. The molecule has 0 amide bonds. The molecule has 0 heterocycles. The molecule has 0 spiro atoms. The molecule has 2 rings (SSSR count). The van der Waals surface area contributed by atoms with Gasteiger partial charge in [0.1, 0.15) is 6.10 Å². The molecular formula is C15H12BrClF2O2. The molecule has 1 unspecified atom stereocenters. The lowest BCUT2D eigenvalue weighted by Gasteiger charge is -2.16. The Morgan fingerprint density at radius 2 is 1.90 bits per heavy atom. The molecule has 0 aliphatic heterocycles. The van der Waals surface area contributed by atoms with Crippen LogP contribution in [0.3, 0.4) is 0 Å². The number of hydrogen-bond acceptors (Lipinski definition) is 2. The fourth-order valence-electron chi connectivity index (χ4n) is 1.92. The average Bonchev–Trinajstić information content (AvgIpc) is 2.46. The van der Waals surface area contributed by atoms with Gasteiger partial charge in [-0.05, 0) is 37.3 Å². The van der Waals surface area contributed by atoms with E-state index in [2.05, 4.69) is 15.9 Å². The van der Waals surface area contributed by atoms with E-state index < -0.39 is 17.7 Å². The normalized spacial score (nSPS) is 12.3. The van der Waals surface area contributed by atoms with Gasteiger partial charge in [0.05, 0.1) is 6.61 Å². The second-order valence-corrected chi connectivity index (χ2v) is 5.61. The molecule has 0 saturated heterocycles. The Balaban J connectivity index is 2.46.